The Kier molecular flexibility index (Phi) is 5.62. The molecule has 2 saturated heterocycles. The lowest BCUT2D eigenvalue weighted by molar-refractivity contribution is -0.136. The largest absolute Gasteiger partial charge is 0.383 e. The zero-order valence-electron chi connectivity index (χ0n) is 16.6. The molecule has 1 N–H and O–H groups in total. The van der Waals surface area contributed by atoms with E-state index in [9.17, 15) is 14.4 Å². The van der Waals surface area contributed by atoms with Crippen molar-refractivity contribution < 1.29 is 14.3 Å². The topological polar surface area (TPSA) is 95.6 Å². The number of hydrogen-bond acceptors (Lipinski definition) is 5. The fraction of sp³-hybridized carbons (Fsp3) is 0.524. The summed E-state index contributed by atoms with van der Waals surface area (Å²) in [5.41, 5.74) is 1.46. The van der Waals surface area contributed by atoms with E-state index in [0.29, 0.717) is 43.7 Å². The van der Waals surface area contributed by atoms with E-state index in [0.717, 1.165) is 18.5 Å². The van der Waals surface area contributed by atoms with Crippen LogP contribution in [0.15, 0.2) is 29.2 Å². The molecule has 0 unspecified atom stereocenters. The van der Waals surface area contributed by atoms with Gasteiger partial charge in [0.1, 0.15) is 0 Å². The van der Waals surface area contributed by atoms with Crippen LogP contribution in [0.3, 0.4) is 0 Å². The molecule has 4 rings (SSSR count). The van der Waals surface area contributed by atoms with Crippen LogP contribution in [0, 0.1) is 5.92 Å². The predicted octanol–water partition coefficient (Wildman–Crippen LogP) is 1.12. The quantitative estimate of drug-likeness (QED) is 0.814. The van der Waals surface area contributed by atoms with Gasteiger partial charge in [0.25, 0.3) is 5.56 Å². The average molecular weight is 398 g/mol. The van der Waals surface area contributed by atoms with Crippen molar-refractivity contribution in [1.29, 1.82) is 0 Å². The molecule has 2 aromatic rings. The lowest BCUT2D eigenvalue weighted by Crippen LogP contribution is -2.42. The Morgan fingerprint density at radius 2 is 2.10 bits per heavy atom. The SMILES string of the molecule is COCCN1C[C@@H](C(=O)N2CCC(c3cc4ncccc4c(=O)[nH]3)CC2)CC1=O. The number of aromatic nitrogens is 2. The minimum Gasteiger partial charge on any atom is -0.383 e. The van der Waals surface area contributed by atoms with Gasteiger partial charge >= 0.3 is 0 Å². The van der Waals surface area contributed by atoms with Crippen molar-refractivity contribution >= 4 is 22.7 Å². The maximum absolute atomic E-state index is 12.9. The Morgan fingerprint density at radius 1 is 1.31 bits per heavy atom. The number of carbonyl (C=O) groups is 2. The third kappa shape index (κ3) is 4.03. The first kappa shape index (κ1) is 19.6. The number of nitrogens with zero attached hydrogens (tertiary/aromatic N) is 3. The van der Waals surface area contributed by atoms with Crippen LogP contribution in [0.5, 0.6) is 0 Å². The molecule has 0 bridgehead atoms. The van der Waals surface area contributed by atoms with Crippen molar-refractivity contribution in [2.24, 2.45) is 5.92 Å². The van der Waals surface area contributed by atoms with Crippen LogP contribution < -0.4 is 5.56 Å². The number of aromatic amines is 1. The van der Waals surface area contributed by atoms with Crippen molar-refractivity contribution in [2.75, 3.05) is 39.9 Å². The van der Waals surface area contributed by atoms with Crippen molar-refractivity contribution in [1.82, 2.24) is 19.8 Å². The van der Waals surface area contributed by atoms with Gasteiger partial charge in [0.15, 0.2) is 0 Å². The zero-order chi connectivity index (χ0) is 20.4. The molecule has 1 atom stereocenters. The van der Waals surface area contributed by atoms with Crippen LogP contribution in [-0.2, 0) is 14.3 Å². The van der Waals surface area contributed by atoms with Crippen LogP contribution in [0.1, 0.15) is 30.9 Å². The van der Waals surface area contributed by atoms with Crippen LogP contribution >= 0.6 is 0 Å². The standard InChI is InChI=1S/C21H26N4O4/c1-29-10-9-25-13-15(11-19(25)26)21(28)24-7-4-14(5-8-24)17-12-18-16(20(27)23-17)3-2-6-22-18/h2-3,6,12,14-15H,4-5,7-11,13H2,1H3,(H,23,27)/t15-/m0/s1. The number of ether oxygens (including phenoxy) is 1. The van der Waals surface area contributed by atoms with Gasteiger partial charge in [-0.05, 0) is 31.0 Å². The molecule has 154 valence electrons. The first-order chi connectivity index (χ1) is 14.1. The normalized spacial score (nSPS) is 20.6. The van der Waals surface area contributed by atoms with Crippen molar-refractivity contribution in [3.63, 3.8) is 0 Å². The summed E-state index contributed by atoms with van der Waals surface area (Å²) >= 11 is 0. The molecule has 0 radical (unpaired) electrons. The molecular formula is C21H26N4O4. The van der Waals surface area contributed by atoms with Crippen molar-refractivity contribution in [3.05, 3.63) is 40.4 Å². The van der Waals surface area contributed by atoms with Crippen LogP contribution in [0.4, 0.5) is 0 Å². The minimum absolute atomic E-state index is 0.0246. The number of carbonyl (C=O) groups excluding carboxylic acids is 2. The number of nitrogens with one attached hydrogen (secondary N) is 1. The van der Waals surface area contributed by atoms with Crippen molar-refractivity contribution in [3.8, 4) is 0 Å². The highest BCUT2D eigenvalue weighted by molar-refractivity contribution is 5.89. The molecule has 8 nitrogen and oxygen atoms in total. The Bertz CT molecular complexity index is 965. The van der Waals surface area contributed by atoms with E-state index >= 15 is 0 Å². The summed E-state index contributed by atoms with van der Waals surface area (Å²) in [5, 5.41) is 0.591. The summed E-state index contributed by atoms with van der Waals surface area (Å²) in [5.74, 6) is 0.0177. The monoisotopic (exact) mass is 398 g/mol. The van der Waals surface area contributed by atoms with Gasteiger partial charge in [-0.15, -0.1) is 0 Å². The summed E-state index contributed by atoms with van der Waals surface area (Å²) in [6.07, 6.45) is 3.54. The molecule has 2 aromatic heterocycles. The molecule has 2 amide bonds. The number of hydrogen-bond donors (Lipinski definition) is 1. The molecule has 0 aliphatic carbocycles. The molecule has 2 aliphatic rings. The molecule has 4 heterocycles. The van der Waals surface area contributed by atoms with Gasteiger partial charge < -0.3 is 19.5 Å². The van der Waals surface area contributed by atoms with E-state index in [2.05, 4.69) is 9.97 Å². The first-order valence-electron chi connectivity index (χ1n) is 10.1. The van der Waals surface area contributed by atoms with E-state index in [-0.39, 0.29) is 35.6 Å². The number of likely N-dealkylation sites (tertiary alicyclic amines) is 2. The second kappa shape index (κ2) is 8.32. The Hall–Kier alpha value is -2.74. The number of pyridine rings is 2. The number of methoxy groups -OCH3 is 1. The lowest BCUT2D eigenvalue weighted by Gasteiger charge is -2.33. The number of rotatable bonds is 5. The van der Waals surface area contributed by atoms with Crippen LogP contribution in [0.2, 0.25) is 0 Å². The highest BCUT2D eigenvalue weighted by Gasteiger charge is 2.37. The molecule has 0 aromatic carbocycles. The smallest absolute Gasteiger partial charge is 0.257 e. The number of H-pyrrole nitrogens is 1. The summed E-state index contributed by atoms with van der Waals surface area (Å²) < 4.78 is 5.03. The van der Waals surface area contributed by atoms with Gasteiger partial charge in [-0.3, -0.25) is 19.4 Å². The Labute approximate surface area is 168 Å². The molecule has 8 heteroatoms. The summed E-state index contributed by atoms with van der Waals surface area (Å²) in [6.45, 7) is 2.76. The molecular weight excluding hydrogens is 372 g/mol. The third-order valence-corrected chi connectivity index (χ3v) is 6.01. The predicted molar refractivity (Wildman–Crippen MR) is 107 cm³/mol. The molecule has 0 saturated carbocycles. The molecule has 0 spiro atoms. The molecule has 29 heavy (non-hydrogen) atoms. The maximum atomic E-state index is 12.9. The highest BCUT2D eigenvalue weighted by atomic mass is 16.5. The van der Waals surface area contributed by atoms with E-state index in [1.807, 2.05) is 11.0 Å². The summed E-state index contributed by atoms with van der Waals surface area (Å²) in [7, 11) is 1.60. The summed E-state index contributed by atoms with van der Waals surface area (Å²) in [6, 6.07) is 5.47. The highest BCUT2D eigenvalue weighted by Crippen LogP contribution is 2.29. The lowest BCUT2D eigenvalue weighted by atomic mass is 9.91. The second-order valence-electron chi connectivity index (χ2n) is 7.82. The van der Waals surface area contributed by atoms with E-state index < -0.39 is 0 Å². The fourth-order valence-corrected chi connectivity index (χ4v) is 4.35. The second-order valence-corrected chi connectivity index (χ2v) is 7.82. The van der Waals surface area contributed by atoms with Gasteiger partial charge in [-0.25, -0.2) is 0 Å². The van der Waals surface area contributed by atoms with Crippen molar-refractivity contribution in [2.45, 2.75) is 25.2 Å². The van der Waals surface area contributed by atoms with E-state index in [1.165, 1.54) is 0 Å². The van der Waals surface area contributed by atoms with Gasteiger partial charge in [0.05, 0.1) is 23.4 Å². The molecule has 2 aliphatic heterocycles. The Balaban J connectivity index is 1.38. The van der Waals surface area contributed by atoms with Crippen LogP contribution in [-0.4, -0.2) is 71.5 Å². The van der Waals surface area contributed by atoms with E-state index in [4.69, 9.17) is 4.74 Å². The summed E-state index contributed by atoms with van der Waals surface area (Å²) in [4.78, 5) is 48.2. The van der Waals surface area contributed by atoms with E-state index in [1.54, 1.807) is 30.3 Å². The molecule has 2 fully saturated rings. The van der Waals surface area contributed by atoms with Gasteiger partial charge in [0.2, 0.25) is 11.8 Å². The fourth-order valence-electron chi connectivity index (χ4n) is 4.35. The zero-order valence-corrected chi connectivity index (χ0v) is 16.6. The Morgan fingerprint density at radius 3 is 2.86 bits per heavy atom. The number of fused-ring (bicyclic) bond motifs is 1. The number of piperidine rings is 1. The maximum Gasteiger partial charge on any atom is 0.257 e. The van der Waals surface area contributed by atoms with Gasteiger partial charge in [-0.1, -0.05) is 0 Å². The third-order valence-electron chi connectivity index (χ3n) is 6.01. The van der Waals surface area contributed by atoms with Crippen LogP contribution in [0.25, 0.3) is 10.9 Å². The minimum atomic E-state index is -0.263. The number of amides is 2. The average Bonchev–Trinajstić information content (AvgIpc) is 3.12. The van der Waals surface area contributed by atoms with Gasteiger partial charge in [0, 0.05) is 57.5 Å². The van der Waals surface area contributed by atoms with Gasteiger partial charge in [-0.2, -0.15) is 0 Å². The first-order valence-corrected chi connectivity index (χ1v) is 10.1.